The van der Waals surface area contributed by atoms with Gasteiger partial charge in [0.15, 0.2) is 0 Å². The van der Waals surface area contributed by atoms with Crippen LogP contribution in [0.2, 0.25) is 0 Å². The first-order valence-corrected chi connectivity index (χ1v) is 11.2. The van der Waals surface area contributed by atoms with Crippen LogP contribution in [0.5, 0.6) is 0 Å². The number of fused-ring (bicyclic) bond motifs is 1. The van der Waals surface area contributed by atoms with E-state index >= 15 is 0 Å². The molecule has 0 aliphatic carbocycles. The Hall–Kier alpha value is -2.14. The van der Waals surface area contributed by atoms with E-state index in [1.807, 2.05) is 39.5 Å². The Labute approximate surface area is 178 Å². The number of amides is 2. The molecular weight excluding hydrogens is 380 g/mol. The van der Waals surface area contributed by atoms with Crippen molar-refractivity contribution in [3.05, 3.63) is 57.3 Å². The summed E-state index contributed by atoms with van der Waals surface area (Å²) in [5.74, 6) is 0.0275. The van der Waals surface area contributed by atoms with Gasteiger partial charge in [-0.15, -0.1) is 11.3 Å². The summed E-state index contributed by atoms with van der Waals surface area (Å²) >= 11 is 1.77. The average Bonchev–Trinajstić information content (AvgIpc) is 3.13. The van der Waals surface area contributed by atoms with Crippen LogP contribution < -0.4 is 0 Å². The summed E-state index contributed by atoms with van der Waals surface area (Å²) in [6.45, 7) is 12.5. The van der Waals surface area contributed by atoms with Gasteiger partial charge in [0, 0.05) is 22.9 Å². The molecule has 2 amide bonds. The van der Waals surface area contributed by atoms with Crippen LogP contribution in [-0.2, 0) is 16.0 Å². The maximum atomic E-state index is 13.5. The summed E-state index contributed by atoms with van der Waals surface area (Å²) < 4.78 is 0. The molecule has 0 spiro atoms. The fourth-order valence-electron chi connectivity index (χ4n) is 3.85. The normalized spacial score (nSPS) is 16.7. The highest BCUT2D eigenvalue weighted by atomic mass is 32.1. The summed E-state index contributed by atoms with van der Waals surface area (Å²) in [5, 5.41) is 2.11. The average molecular weight is 413 g/mol. The lowest BCUT2D eigenvalue weighted by Crippen LogP contribution is -2.51. The van der Waals surface area contributed by atoms with Gasteiger partial charge < -0.3 is 9.80 Å². The molecular formula is C24H32N2O2S. The number of carbonyl (C=O) groups is 2. The third kappa shape index (κ3) is 4.55. The van der Waals surface area contributed by atoms with Crippen molar-refractivity contribution >= 4 is 23.2 Å². The van der Waals surface area contributed by atoms with Crippen LogP contribution in [0.15, 0.2) is 35.7 Å². The summed E-state index contributed by atoms with van der Waals surface area (Å²) in [5.41, 5.74) is 3.04. The number of carbonyl (C=O) groups excluding carboxylic acids is 2. The third-order valence-electron chi connectivity index (χ3n) is 5.51. The quantitative estimate of drug-likeness (QED) is 0.723. The number of nitrogens with zero attached hydrogens (tertiary/aromatic N) is 2. The number of hydrogen-bond acceptors (Lipinski definition) is 3. The highest BCUT2D eigenvalue weighted by molar-refractivity contribution is 7.10. The molecule has 0 saturated carbocycles. The van der Waals surface area contributed by atoms with E-state index in [-0.39, 0.29) is 30.4 Å². The number of thiophene rings is 1. The summed E-state index contributed by atoms with van der Waals surface area (Å²) in [6, 6.07) is 10.5. The van der Waals surface area contributed by atoms with Crippen molar-refractivity contribution in [1.29, 1.82) is 0 Å². The van der Waals surface area contributed by atoms with Crippen LogP contribution in [0.4, 0.5) is 0 Å². The molecule has 0 saturated heterocycles. The van der Waals surface area contributed by atoms with E-state index in [1.165, 1.54) is 16.0 Å². The molecule has 4 nitrogen and oxygen atoms in total. The first kappa shape index (κ1) is 21.6. The van der Waals surface area contributed by atoms with Crippen LogP contribution >= 0.6 is 11.3 Å². The van der Waals surface area contributed by atoms with Crippen LogP contribution in [0.3, 0.4) is 0 Å². The molecule has 3 rings (SSSR count). The standard InChI is InChI=1S/C24H32N2O2S/c1-16(2)26(23(28)24(4,5)6)15-21(27)25-13-11-20-19(12-14-29-20)22(25)18-9-7-17(3)8-10-18/h7-10,12,14,16,22H,11,13,15H2,1-6H3. The van der Waals surface area contributed by atoms with Gasteiger partial charge in [-0.2, -0.15) is 0 Å². The minimum Gasteiger partial charge on any atom is -0.331 e. The predicted octanol–water partition coefficient (Wildman–Crippen LogP) is 4.81. The van der Waals surface area contributed by atoms with E-state index in [2.05, 4.69) is 42.6 Å². The van der Waals surface area contributed by atoms with Gasteiger partial charge in [-0.25, -0.2) is 0 Å². The summed E-state index contributed by atoms with van der Waals surface area (Å²) in [4.78, 5) is 31.4. The number of aryl methyl sites for hydroxylation is 1. The van der Waals surface area contributed by atoms with E-state index < -0.39 is 5.41 Å². The Bertz CT molecular complexity index is 877. The summed E-state index contributed by atoms with van der Waals surface area (Å²) in [7, 11) is 0. The van der Waals surface area contributed by atoms with Crippen molar-refractivity contribution in [1.82, 2.24) is 9.80 Å². The molecule has 2 heterocycles. The second kappa shape index (κ2) is 8.31. The van der Waals surface area contributed by atoms with Crippen molar-refractivity contribution in [3.63, 3.8) is 0 Å². The van der Waals surface area contributed by atoms with Crippen LogP contribution in [0.25, 0.3) is 0 Å². The lowest BCUT2D eigenvalue weighted by Gasteiger charge is -2.39. The van der Waals surface area contributed by atoms with Crippen LogP contribution in [-0.4, -0.2) is 40.7 Å². The Morgan fingerprint density at radius 2 is 1.83 bits per heavy atom. The van der Waals surface area contributed by atoms with E-state index in [0.29, 0.717) is 6.54 Å². The highest BCUT2D eigenvalue weighted by Crippen LogP contribution is 2.38. The lowest BCUT2D eigenvalue weighted by atomic mass is 9.92. The molecule has 0 bridgehead atoms. The van der Waals surface area contributed by atoms with E-state index in [4.69, 9.17) is 0 Å². The van der Waals surface area contributed by atoms with E-state index in [1.54, 1.807) is 16.2 Å². The van der Waals surface area contributed by atoms with Gasteiger partial charge in [-0.05, 0) is 49.8 Å². The maximum absolute atomic E-state index is 13.5. The van der Waals surface area contributed by atoms with Gasteiger partial charge in [-0.3, -0.25) is 9.59 Å². The Balaban J connectivity index is 1.92. The molecule has 1 unspecified atom stereocenters. The first-order chi connectivity index (χ1) is 13.6. The smallest absolute Gasteiger partial charge is 0.243 e. The molecule has 2 aromatic rings. The van der Waals surface area contributed by atoms with Gasteiger partial charge >= 0.3 is 0 Å². The van der Waals surface area contributed by atoms with Crippen molar-refractivity contribution in [2.45, 2.75) is 60.0 Å². The zero-order valence-corrected chi connectivity index (χ0v) is 19.2. The molecule has 1 aromatic heterocycles. The largest absolute Gasteiger partial charge is 0.331 e. The molecule has 1 aromatic carbocycles. The monoisotopic (exact) mass is 412 g/mol. The minimum absolute atomic E-state index is 0.0127. The fraction of sp³-hybridized carbons (Fsp3) is 0.500. The molecule has 1 aliphatic rings. The topological polar surface area (TPSA) is 40.6 Å². The van der Waals surface area contributed by atoms with Crippen molar-refractivity contribution in [2.75, 3.05) is 13.1 Å². The van der Waals surface area contributed by atoms with Crippen molar-refractivity contribution < 1.29 is 9.59 Å². The van der Waals surface area contributed by atoms with E-state index in [0.717, 1.165) is 12.0 Å². The second-order valence-corrected chi connectivity index (χ2v) is 10.2. The molecule has 0 radical (unpaired) electrons. The van der Waals surface area contributed by atoms with Crippen molar-refractivity contribution in [3.8, 4) is 0 Å². The molecule has 1 atom stereocenters. The Morgan fingerprint density at radius 3 is 2.41 bits per heavy atom. The number of benzene rings is 1. The van der Waals surface area contributed by atoms with Gasteiger partial charge in [-0.1, -0.05) is 50.6 Å². The SMILES string of the molecule is Cc1ccc(C2c3ccsc3CCN2C(=O)CN(C(=O)C(C)(C)C)C(C)C)cc1. The number of hydrogen-bond donors (Lipinski definition) is 0. The lowest BCUT2D eigenvalue weighted by molar-refractivity contribution is -0.148. The Kier molecular flexibility index (Phi) is 6.18. The highest BCUT2D eigenvalue weighted by Gasteiger charge is 2.36. The molecule has 0 N–H and O–H groups in total. The van der Waals surface area contributed by atoms with Gasteiger partial charge in [0.05, 0.1) is 6.04 Å². The summed E-state index contributed by atoms with van der Waals surface area (Å²) in [6.07, 6.45) is 0.871. The number of rotatable bonds is 4. The van der Waals surface area contributed by atoms with Crippen LogP contribution in [0, 0.1) is 12.3 Å². The van der Waals surface area contributed by atoms with Gasteiger partial charge in [0.1, 0.15) is 6.54 Å². The second-order valence-electron chi connectivity index (χ2n) is 9.23. The van der Waals surface area contributed by atoms with E-state index in [9.17, 15) is 9.59 Å². The maximum Gasteiger partial charge on any atom is 0.243 e. The zero-order valence-electron chi connectivity index (χ0n) is 18.4. The molecule has 0 fully saturated rings. The third-order valence-corrected chi connectivity index (χ3v) is 6.51. The fourth-order valence-corrected chi connectivity index (χ4v) is 4.75. The molecule has 156 valence electrons. The Morgan fingerprint density at radius 1 is 1.17 bits per heavy atom. The van der Waals surface area contributed by atoms with Crippen molar-refractivity contribution in [2.24, 2.45) is 5.41 Å². The molecule has 1 aliphatic heterocycles. The molecule has 5 heteroatoms. The minimum atomic E-state index is -0.511. The molecule has 29 heavy (non-hydrogen) atoms. The van der Waals surface area contributed by atoms with Gasteiger partial charge in [0.2, 0.25) is 11.8 Å². The van der Waals surface area contributed by atoms with Crippen LogP contribution in [0.1, 0.15) is 62.2 Å². The first-order valence-electron chi connectivity index (χ1n) is 10.3. The van der Waals surface area contributed by atoms with Gasteiger partial charge in [0.25, 0.3) is 0 Å². The predicted molar refractivity (Wildman–Crippen MR) is 119 cm³/mol. The zero-order chi connectivity index (χ0) is 21.3.